The summed E-state index contributed by atoms with van der Waals surface area (Å²) in [6.07, 6.45) is 3.57. The molecule has 0 saturated carbocycles. The molecule has 2 amide bonds. The number of aliphatic hydroxyl groups is 1. The summed E-state index contributed by atoms with van der Waals surface area (Å²) in [5.74, 6) is -0.380. The maximum absolute atomic E-state index is 10.2. The van der Waals surface area contributed by atoms with Crippen molar-refractivity contribution in [1.82, 2.24) is 5.32 Å². The van der Waals surface area contributed by atoms with E-state index in [1.54, 1.807) is 0 Å². The number of amides is 2. The Morgan fingerprint density at radius 3 is 2.50 bits per heavy atom. The van der Waals surface area contributed by atoms with Gasteiger partial charge in [0, 0.05) is 17.4 Å². The molecule has 2 rings (SSSR count). The molecular formula is C12H19NO5S2. The van der Waals surface area contributed by atoms with Gasteiger partial charge in [0.25, 0.3) is 5.91 Å². The number of carboxylic acid groups (broad SMARTS) is 1. The normalized spacial score (nSPS) is 25.1. The Kier molecular flexibility index (Phi) is 8.01. The average molecular weight is 321 g/mol. The highest BCUT2D eigenvalue weighted by molar-refractivity contribution is 8.77. The molecule has 2 heterocycles. The summed E-state index contributed by atoms with van der Waals surface area (Å²) in [4.78, 5) is 30.6. The molecule has 0 bridgehead atoms. The molecule has 0 aromatic heterocycles. The van der Waals surface area contributed by atoms with E-state index in [0.717, 1.165) is 18.1 Å². The Bertz CT molecular complexity index is 358. The van der Waals surface area contributed by atoms with E-state index in [2.05, 4.69) is 0 Å². The van der Waals surface area contributed by atoms with Crippen LogP contribution >= 0.6 is 21.6 Å². The number of carbonyl (C=O) groups excluding carboxylic acids is 2. The van der Waals surface area contributed by atoms with Crippen LogP contribution in [0.2, 0.25) is 0 Å². The van der Waals surface area contributed by atoms with E-state index in [1.165, 1.54) is 18.6 Å². The molecule has 0 radical (unpaired) electrons. The van der Waals surface area contributed by atoms with Crippen LogP contribution < -0.4 is 5.32 Å². The van der Waals surface area contributed by atoms with E-state index in [9.17, 15) is 14.4 Å². The van der Waals surface area contributed by atoms with Crippen molar-refractivity contribution in [3.63, 3.8) is 0 Å². The van der Waals surface area contributed by atoms with E-state index in [-0.39, 0.29) is 6.42 Å². The molecule has 20 heavy (non-hydrogen) atoms. The lowest BCUT2D eigenvalue weighted by atomic mass is 10.1. The third-order valence-corrected chi connectivity index (χ3v) is 5.84. The van der Waals surface area contributed by atoms with E-state index in [0.29, 0.717) is 6.42 Å². The number of hydrogen-bond acceptors (Lipinski definition) is 6. The molecule has 6 nitrogen and oxygen atoms in total. The molecule has 114 valence electrons. The summed E-state index contributed by atoms with van der Waals surface area (Å²) < 4.78 is 0. The van der Waals surface area contributed by atoms with Crippen LogP contribution in [0.3, 0.4) is 0 Å². The van der Waals surface area contributed by atoms with Gasteiger partial charge in [0.05, 0.1) is 6.42 Å². The second-order valence-corrected chi connectivity index (χ2v) is 7.39. The van der Waals surface area contributed by atoms with Crippen molar-refractivity contribution in [3.8, 4) is 0 Å². The van der Waals surface area contributed by atoms with Gasteiger partial charge in [-0.3, -0.25) is 19.7 Å². The second kappa shape index (κ2) is 9.25. The smallest absolute Gasteiger partial charge is 0.303 e. The third-order valence-electron chi connectivity index (χ3n) is 2.84. The Labute approximate surface area is 125 Å². The molecule has 2 aliphatic rings. The fourth-order valence-electron chi connectivity index (χ4n) is 1.75. The van der Waals surface area contributed by atoms with Crippen molar-refractivity contribution in [2.24, 2.45) is 0 Å². The van der Waals surface area contributed by atoms with Gasteiger partial charge in [0.1, 0.15) is 6.10 Å². The number of rotatable bonds is 5. The molecular weight excluding hydrogens is 302 g/mol. The third kappa shape index (κ3) is 7.16. The van der Waals surface area contributed by atoms with Crippen LogP contribution in [0.5, 0.6) is 0 Å². The monoisotopic (exact) mass is 321 g/mol. The first-order chi connectivity index (χ1) is 9.49. The molecule has 2 aliphatic heterocycles. The highest BCUT2D eigenvalue weighted by atomic mass is 33.1. The zero-order chi connectivity index (χ0) is 15.0. The van der Waals surface area contributed by atoms with Gasteiger partial charge in [-0.05, 0) is 19.3 Å². The molecule has 2 fully saturated rings. The first-order valence-corrected chi connectivity index (χ1v) is 8.89. The lowest BCUT2D eigenvalue weighted by molar-refractivity contribution is -0.137. The van der Waals surface area contributed by atoms with Crippen LogP contribution in [-0.2, 0) is 14.4 Å². The van der Waals surface area contributed by atoms with Crippen molar-refractivity contribution in [3.05, 3.63) is 0 Å². The highest BCUT2D eigenvalue weighted by Gasteiger charge is 2.27. The lowest BCUT2D eigenvalue weighted by Gasteiger charge is -2.04. The van der Waals surface area contributed by atoms with Gasteiger partial charge in [-0.1, -0.05) is 28.0 Å². The highest BCUT2D eigenvalue weighted by Crippen LogP contribution is 2.39. The number of aliphatic carboxylic acids is 1. The van der Waals surface area contributed by atoms with Crippen molar-refractivity contribution in [2.75, 3.05) is 5.75 Å². The SMILES string of the molecule is O=C(O)CCCCC1CCSS1.O=C1CC(O)C(=O)N1. The van der Waals surface area contributed by atoms with Gasteiger partial charge in [0.2, 0.25) is 5.91 Å². The summed E-state index contributed by atoms with van der Waals surface area (Å²) >= 11 is 0. The fraction of sp³-hybridized carbons (Fsp3) is 0.750. The quantitative estimate of drug-likeness (QED) is 0.397. The Morgan fingerprint density at radius 2 is 2.10 bits per heavy atom. The molecule has 3 N–H and O–H groups in total. The molecule has 0 aromatic rings. The number of imide groups is 1. The zero-order valence-corrected chi connectivity index (χ0v) is 12.7. The number of nitrogens with one attached hydrogen (secondary N) is 1. The van der Waals surface area contributed by atoms with Crippen molar-refractivity contribution in [1.29, 1.82) is 0 Å². The van der Waals surface area contributed by atoms with Crippen LogP contribution in [-0.4, -0.2) is 45.1 Å². The minimum absolute atomic E-state index is 0.0845. The van der Waals surface area contributed by atoms with E-state index in [1.807, 2.05) is 26.9 Å². The number of unbranched alkanes of at least 4 members (excludes halogenated alkanes) is 1. The van der Waals surface area contributed by atoms with E-state index >= 15 is 0 Å². The molecule has 8 heteroatoms. The van der Waals surface area contributed by atoms with Gasteiger partial charge in [-0.2, -0.15) is 0 Å². The van der Waals surface area contributed by atoms with Crippen molar-refractivity contribution >= 4 is 39.4 Å². The standard InChI is InChI=1S/C8H14O2S2.C4H5NO3/c9-8(10)4-2-1-3-7-5-6-11-12-7;6-2-1-3(7)5-4(2)8/h7H,1-6H2,(H,9,10);2,6H,1H2,(H,5,7,8). The largest absolute Gasteiger partial charge is 0.481 e. The Balaban J connectivity index is 0.000000217. The predicted octanol–water partition coefficient (Wildman–Crippen LogP) is 1.18. The predicted molar refractivity (Wildman–Crippen MR) is 78.3 cm³/mol. The van der Waals surface area contributed by atoms with Crippen molar-refractivity contribution < 1.29 is 24.6 Å². The summed E-state index contributed by atoms with van der Waals surface area (Å²) in [5, 5.41) is 19.7. The van der Waals surface area contributed by atoms with Gasteiger partial charge < -0.3 is 10.2 Å². The van der Waals surface area contributed by atoms with Crippen LogP contribution in [0.4, 0.5) is 0 Å². The van der Waals surface area contributed by atoms with Crippen LogP contribution in [0.25, 0.3) is 0 Å². The molecule has 0 aliphatic carbocycles. The minimum atomic E-state index is -1.11. The van der Waals surface area contributed by atoms with Gasteiger partial charge in [0.15, 0.2) is 0 Å². The number of carboxylic acids is 1. The van der Waals surface area contributed by atoms with Crippen molar-refractivity contribution in [2.45, 2.75) is 49.9 Å². The zero-order valence-electron chi connectivity index (χ0n) is 11.0. The second-order valence-electron chi connectivity index (χ2n) is 4.60. The summed E-state index contributed by atoms with van der Waals surface area (Å²) in [7, 11) is 3.92. The average Bonchev–Trinajstić information content (AvgIpc) is 2.96. The summed E-state index contributed by atoms with van der Waals surface area (Å²) in [5.41, 5.74) is 0. The molecule has 0 spiro atoms. The van der Waals surface area contributed by atoms with Crippen LogP contribution in [0, 0.1) is 0 Å². The van der Waals surface area contributed by atoms with Gasteiger partial charge >= 0.3 is 5.97 Å². The van der Waals surface area contributed by atoms with E-state index < -0.39 is 23.9 Å². The maximum atomic E-state index is 10.2. The maximum Gasteiger partial charge on any atom is 0.303 e. The first kappa shape index (κ1) is 17.3. The molecule has 2 saturated heterocycles. The molecule has 2 atom stereocenters. The molecule has 0 aromatic carbocycles. The topological polar surface area (TPSA) is 104 Å². The van der Waals surface area contributed by atoms with Crippen LogP contribution in [0.1, 0.15) is 38.5 Å². The first-order valence-electron chi connectivity index (χ1n) is 6.51. The van der Waals surface area contributed by atoms with Gasteiger partial charge in [-0.15, -0.1) is 0 Å². The summed E-state index contributed by atoms with van der Waals surface area (Å²) in [6.45, 7) is 0. The van der Waals surface area contributed by atoms with Gasteiger partial charge in [-0.25, -0.2) is 0 Å². The summed E-state index contributed by atoms with van der Waals surface area (Å²) in [6, 6.07) is 0. The number of hydrogen-bond donors (Lipinski definition) is 3. The molecule has 2 unspecified atom stereocenters. The number of aliphatic hydroxyl groups excluding tert-OH is 1. The Morgan fingerprint density at radius 1 is 1.35 bits per heavy atom. The number of carbonyl (C=O) groups is 3. The lowest BCUT2D eigenvalue weighted by Crippen LogP contribution is -2.24. The Hall–Kier alpha value is -0.730. The minimum Gasteiger partial charge on any atom is -0.481 e. The van der Waals surface area contributed by atoms with E-state index in [4.69, 9.17) is 10.2 Å². The van der Waals surface area contributed by atoms with Crippen LogP contribution in [0.15, 0.2) is 0 Å². The fourth-order valence-corrected chi connectivity index (χ4v) is 4.78.